The van der Waals surface area contributed by atoms with Gasteiger partial charge >= 0.3 is 5.97 Å². The molecule has 0 amide bonds. The summed E-state index contributed by atoms with van der Waals surface area (Å²) in [5.74, 6) is 0.668. The topological polar surface area (TPSA) is 63.6 Å². The quantitative estimate of drug-likeness (QED) is 0.312. The molecule has 0 bridgehead atoms. The van der Waals surface area contributed by atoms with E-state index in [1.54, 1.807) is 0 Å². The molecule has 1 aliphatic rings. The van der Waals surface area contributed by atoms with Gasteiger partial charge in [-0.2, -0.15) is 0 Å². The Kier molecular flexibility index (Phi) is 11.2. The molecule has 1 aliphatic carbocycles. The zero-order chi connectivity index (χ0) is 19.4. The van der Waals surface area contributed by atoms with Gasteiger partial charge < -0.3 is 9.84 Å². The number of carbonyl (C=O) groups is 2. The monoisotopic (exact) mass is 364 g/mol. The Morgan fingerprint density at radius 3 is 2.81 bits per heavy atom. The maximum atomic E-state index is 12.2. The normalized spacial score (nSPS) is 23.0. The third kappa shape index (κ3) is 8.31. The lowest BCUT2D eigenvalue weighted by Gasteiger charge is -2.17. The van der Waals surface area contributed by atoms with Gasteiger partial charge in [-0.25, -0.2) is 0 Å². The summed E-state index contributed by atoms with van der Waals surface area (Å²) in [5, 5.41) is 10.3. The lowest BCUT2D eigenvalue weighted by molar-refractivity contribution is -0.140. The highest BCUT2D eigenvalue weighted by Gasteiger charge is 2.32. The van der Waals surface area contributed by atoms with Crippen molar-refractivity contribution in [3.05, 3.63) is 24.3 Å². The van der Waals surface area contributed by atoms with Gasteiger partial charge in [-0.15, -0.1) is 0 Å². The molecule has 0 radical (unpaired) electrons. The van der Waals surface area contributed by atoms with E-state index < -0.39 is 6.10 Å². The highest BCUT2D eigenvalue weighted by atomic mass is 16.5. The van der Waals surface area contributed by atoms with Crippen LogP contribution < -0.4 is 0 Å². The van der Waals surface area contributed by atoms with Crippen LogP contribution >= 0.6 is 0 Å². The molecule has 0 aromatic carbocycles. The molecule has 0 aromatic heterocycles. The maximum Gasteiger partial charge on any atom is 0.305 e. The third-order valence-corrected chi connectivity index (χ3v) is 5.34. The molecular formula is C22H36O4. The molecule has 1 fully saturated rings. The number of rotatable bonds is 12. The second kappa shape index (κ2) is 12.9. The van der Waals surface area contributed by atoms with Crippen LogP contribution in [0.5, 0.6) is 0 Å². The lowest BCUT2D eigenvalue weighted by Crippen LogP contribution is -2.16. The first-order valence-electron chi connectivity index (χ1n) is 10.1. The molecule has 0 saturated heterocycles. The van der Waals surface area contributed by atoms with Crippen LogP contribution in [-0.2, 0) is 14.3 Å². The Morgan fingerprint density at radius 2 is 2.12 bits per heavy atom. The molecule has 1 rings (SSSR count). The van der Waals surface area contributed by atoms with Crippen molar-refractivity contribution in [2.24, 2.45) is 17.8 Å². The zero-order valence-electron chi connectivity index (χ0n) is 16.7. The lowest BCUT2D eigenvalue weighted by atomic mass is 9.90. The van der Waals surface area contributed by atoms with Crippen molar-refractivity contribution in [3.63, 3.8) is 0 Å². The summed E-state index contributed by atoms with van der Waals surface area (Å²) >= 11 is 0. The van der Waals surface area contributed by atoms with Crippen LogP contribution in [0, 0.1) is 17.8 Å². The summed E-state index contributed by atoms with van der Waals surface area (Å²) in [6.45, 7) is 4.24. The van der Waals surface area contributed by atoms with Crippen molar-refractivity contribution >= 4 is 11.8 Å². The largest absolute Gasteiger partial charge is 0.469 e. The highest BCUT2D eigenvalue weighted by Crippen LogP contribution is 2.33. The minimum absolute atomic E-state index is 0.0289. The summed E-state index contributed by atoms with van der Waals surface area (Å²) in [6.07, 6.45) is 15.3. The molecular weight excluding hydrogens is 328 g/mol. The van der Waals surface area contributed by atoms with Crippen LogP contribution in [0.25, 0.3) is 0 Å². The number of hydrogen-bond acceptors (Lipinski definition) is 4. The number of esters is 1. The SMILES string of the molecule is CCCCC(C)C(O)C=CC1CCC(=O)C1CC=CCCCC(=O)OC. The molecule has 4 nitrogen and oxygen atoms in total. The van der Waals surface area contributed by atoms with Gasteiger partial charge in [-0.1, -0.05) is 51.0 Å². The second-order valence-electron chi connectivity index (χ2n) is 7.45. The molecule has 26 heavy (non-hydrogen) atoms. The van der Waals surface area contributed by atoms with E-state index in [9.17, 15) is 14.7 Å². The predicted octanol–water partition coefficient (Wildman–Crippen LogP) is 4.61. The van der Waals surface area contributed by atoms with E-state index >= 15 is 0 Å². The number of hydrogen-bond donors (Lipinski definition) is 1. The Hall–Kier alpha value is -1.42. The Morgan fingerprint density at radius 1 is 1.35 bits per heavy atom. The zero-order valence-corrected chi connectivity index (χ0v) is 16.7. The summed E-state index contributed by atoms with van der Waals surface area (Å²) in [7, 11) is 1.40. The Balaban J connectivity index is 2.42. The molecule has 4 heteroatoms. The molecule has 4 atom stereocenters. The third-order valence-electron chi connectivity index (χ3n) is 5.34. The van der Waals surface area contributed by atoms with E-state index in [2.05, 4.69) is 36.8 Å². The predicted molar refractivity (Wildman–Crippen MR) is 105 cm³/mol. The van der Waals surface area contributed by atoms with E-state index in [0.717, 1.165) is 44.9 Å². The van der Waals surface area contributed by atoms with Crippen LogP contribution in [0.1, 0.15) is 71.6 Å². The van der Waals surface area contributed by atoms with E-state index in [4.69, 9.17) is 0 Å². The molecule has 1 saturated carbocycles. The van der Waals surface area contributed by atoms with Crippen molar-refractivity contribution in [1.29, 1.82) is 0 Å². The maximum absolute atomic E-state index is 12.2. The molecule has 0 aliphatic heterocycles. The average Bonchev–Trinajstić information content (AvgIpc) is 2.99. The van der Waals surface area contributed by atoms with E-state index in [1.165, 1.54) is 7.11 Å². The fraction of sp³-hybridized carbons (Fsp3) is 0.727. The van der Waals surface area contributed by atoms with E-state index in [-0.39, 0.29) is 23.7 Å². The fourth-order valence-electron chi connectivity index (χ4n) is 3.44. The van der Waals surface area contributed by atoms with Crippen LogP contribution in [-0.4, -0.2) is 30.1 Å². The minimum atomic E-state index is -0.424. The van der Waals surface area contributed by atoms with Crippen molar-refractivity contribution in [2.45, 2.75) is 77.7 Å². The van der Waals surface area contributed by atoms with Crippen LogP contribution in [0.15, 0.2) is 24.3 Å². The van der Waals surface area contributed by atoms with Gasteiger partial charge in [0.05, 0.1) is 13.2 Å². The first-order chi connectivity index (χ1) is 12.5. The summed E-state index contributed by atoms with van der Waals surface area (Å²) in [5.41, 5.74) is 0. The number of Topliss-reactive ketones (excluding diaryl/α,β-unsaturated/α-hetero) is 1. The average molecular weight is 365 g/mol. The molecule has 1 N–H and O–H groups in total. The number of allylic oxidation sites excluding steroid dienone is 3. The first-order valence-corrected chi connectivity index (χ1v) is 10.1. The fourth-order valence-corrected chi connectivity index (χ4v) is 3.44. The molecule has 148 valence electrons. The minimum Gasteiger partial charge on any atom is -0.469 e. The van der Waals surface area contributed by atoms with Crippen LogP contribution in [0.3, 0.4) is 0 Å². The van der Waals surface area contributed by atoms with Gasteiger partial charge in [0.25, 0.3) is 0 Å². The van der Waals surface area contributed by atoms with Crippen molar-refractivity contribution in [3.8, 4) is 0 Å². The molecule has 0 spiro atoms. The van der Waals surface area contributed by atoms with Crippen molar-refractivity contribution < 1.29 is 19.4 Å². The number of methoxy groups -OCH3 is 1. The summed E-state index contributed by atoms with van der Waals surface area (Å²) in [4.78, 5) is 23.2. The van der Waals surface area contributed by atoms with Crippen LogP contribution in [0.4, 0.5) is 0 Å². The first kappa shape index (κ1) is 22.6. The van der Waals surface area contributed by atoms with E-state index in [1.807, 2.05) is 6.08 Å². The van der Waals surface area contributed by atoms with Gasteiger partial charge in [0.1, 0.15) is 5.78 Å². The number of ketones is 1. The van der Waals surface area contributed by atoms with Gasteiger partial charge in [-0.05, 0) is 43.9 Å². The summed E-state index contributed by atoms with van der Waals surface area (Å²) in [6, 6.07) is 0. The molecule has 0 aromatic rings. The smallest absolute Gasteiger partial charge is 0.305 e. The number of unbranched alkanes of at least 4 members (excludes halogenated alkanes) is 2. The number of aliphatic hydroxyl groups excluding tert-OH is 1. The number of carbonyl (C=O) groups excluding carboxylic acids is 2. The molecule has 0 heterocycles. The van der Waals surface area contributed by atoms with Crippen molar-refractivity contribution in [1.82, 2.24) is 0 Å². The number of ether oxygens (including phenoxy) is 1. The standard InChI is InChI=1S/C22H36O4/c1-4-5-10-17(2)20(23)15-13-18-14-16-21(24)19(18)11-8-6-7-9-12-22(25)26-3/h6,8,13,15,17-20,23H,4-5,7,9-12,14,16H2,1-3H3. The van der Waals surface area contributed by atoms with Gasteiger partial charge in [0.15, 0.2) is 0 Å². The van der Waals surface area contributed by atoms with Crippen molar-refractivity contribution in [2.75, 3.05) is 7.11 Å². The van der Waals surface area contributed by atoms with E-state index in [0.29, 0.717) is 18.6 Å². The number of aliphatic hydroxyl groups is 1. The molecule has 4 unspecified atom stereocenters. The Bertz CT molecular complexity index is 481. The second-order valence-corrected chi connectivity index (χ2v) is 7.45. The van der Waals surface area contributed by atoms with Crippen LogP contribution in [0.2, 0.25) is 0 Å². The highest BCUT2D eigenvalue weighted by molar-refractivity contribution is 5.83. The Labute approximate surface area is 158 Å². The summed E-state index contributed by atoms with van der Waals surface area (Å²) < 4.78 is 4.61. The van der Waals surface area contributed by atoms with Gasteiger partial charge in [0, 0.05) is 18.8 Å². The van der Waals surface area contributed by atoms with Gasteiger partial charge in [0.2, 0.25) is 0 Å². The van der Waals surface area contributed by atoms with Gasteiger partial charge in [-0.3, -0.25) is 9.59 Å².